The number of alkyl halides is 32. The zero-order valence-electron chi connectivity index (χ0n) is 29.2. The first-order valence-corrected chi connectivity index (χ1v) is 15.6. The molecule has 36 heteroatoms. The van der Waals surface area contributed by atoms with Gasteiger partial charge in [-0.1, -0.05) is 0 Å². The number of aliphatic hydroxyl groups is 1. The summed E-state index contributed by atoms with van der Waals surface area (Å²) in [6.07, 6.45) is -61.3. The van der Waals surface area contributed by atoms with Crippen molar-refractivity contribution >= 4 is 12.1 Å². The highest BCUT2D eigenvalue weighted by Gasteiger charge is 2.87. The average Bonchev–Trinajstić information content (AvgIpc) is 3.03. The van der Waals surface area contributed by atoms with E-state index in [1.54, 1.807) is 4.74 Å². The molecule has 0 aromatic rings. The van der Waals surface area contributed by atoms with Gasteiger partial charge in [0, 0.05) is 6.42 Å². The Bertz CT molecular complexity index is 1520. The molecule has 0 aromatic carbocycles. The van der Waals surface area contributed by atoms with Crippen LogP contribution >= 0.6 is 12.1 Å². The SMILES string of the molecule is CC(F)(CC(F)(C(F)(F)F)C(F)(F)OC(F)(C(F)(F)CC(F)(CO)C(F)(F)F)C(F)(F)SF)C(F)(CC(F)(F)C(F)(CC(F)(F)[C@](F)(CF)C(C)(F)CF)C(F)(F)F)C(F)(F)F. The van der Waals surface area contributed by atoms with E-state index in [2.05, 4.69) is 0 Å². The largest absolute Gasteiger partial charge is 0.431 e. The molecule has 0 aliphatic carbocycles. The molecule has 62 heavy (non-hydrogen) atoms. The van der Waals surface area contributed by atoms with Crippen LogP contribution in [-0.4, -0.2) is 124 Å². The van der Waals surface area contributed by atoms with Gasteiger partial charge in [0.15, 0.2) is 11.3 Å². The Kier molecular flexibility index (Phi) is 16.1. The van der Waals surface area contributed by atoms with Gasteiger partial charge >= 0.3 is 47.8 Å². The first kappa shape index (κ1) is 60.0. The molecule has 374 valence electrons. The van der Waals surface area contributed by atoms with E-state index in [0.717, 1.165) is 0 Å². The summed E-state index contributed by atoms with van der Waals surface area (Å²) in [5, 5.41) is 0.849. The Morgan fingerprint density at radius 3 is 1.05 bits per heavy atom. The predicted molar refractivity (Wildman–Crippen MR) is 138 cm³/mol. The molecular weight excluding hydrogens is 1000 g/mol. The zero-order valence-corrected chi connectivity index (χ0v) is 30.0. The van der Waals surface area contributed by atoms with Crippen molar-refractivity contribution in [2.45, 2.75) is 139 Å². The first-order valence-electron chi connectivity index (χ1n) is 14.9. The van der Waals surface area contributed by atoms with E-state index in [1.165, 1.54) is 0 Å². The molecule has 0 amide bonds. The van der Waals surface area contributed by atoms with Gasteiger partial charge in [0.2, 0.25) is 17.0 Å². The normalized spacial score (nSPS) is 22.8. The third-order valence-electron chi connectivity index (χ3n) is 9.03. The summed E-state index contributed by atoms with van der Waals surface area (Å²) in [4.78, 5) is 0. The maximum absolute atomic E-state index is 15.6. The van der Waals surface area contributed by atoms with Crippen LogP contribution in [0.3, 0.4) is 0 Å². The molecule has 7 unspecified atom stereocenters. The van der Waals surface area contributed by atoms with E-state index in [-0.39, 0.29) is 0 Å². The Labute approximate surface area is 326 Å². The Morgan fingerprint density at radius 1 is 0.403 bits per heavy atom. The highest BCUT2D eigenvalue weighted by molar-refractivity contribution is 7.95. The lowest BCUT2D eigenvalue weighted by atomic mass is 9.71. The monoisotopic (exact) mass is 1020 g/mol. The fraction of sp³-hybridized carbons (Fsp3) is 1.00. The third kappa shape index (κ3) is 9.74. The second-order valence-electron chi connectivity index (χ2n) is 13.6. The molecule has 0 rings (SSSR count). The molecule has 0 saturated carbocycles. The maximum Gasteiger partial charge on any atom is 0.431 e. The average molecular weight is 1020 g/mol. The Morgan fingerprint density at radius 2 is 0.758 bits per heavy atom. The number of hydrogen-bond donors (Lipinski definition) is 1. The summed E-state index contributed by atoms with van der Waals surface area (Å²) in [6, 6.07) is 0. The summed E-state index contributed by atoms with van der Waals surface area (Å²) in [6.45, 7) is -13.5. The third-order valence-corrected chi connectivity index (χ3v) is 9.49. The van der Waals surface area contributed by atoms with Crippen molar-refractivity contribution < 1.29 is 154 Å². The second kappa shape index (κ2) is 16.7. The zero-order chi connectivity index (χ0) is 50.9. The van der Waals surface area contributed by atoms with Crippen molar-refractivity contribution in [3.63, 3.8) is 0 Å². The van der Waals surface area contributed by atoms with Crippen LogP contribution in [0.4, 0.5) is 144 Å². The molecule has 0 aliphatic heterocycles. The lowest BCUT2D eigenvalue weighted by Gasteiger charge is -2.48. The smallest absolute Gasteiger partial charge is 0.393 e. The molecule has 0 radical (unpaired) electrons. The molecule has 0 saturated heterocycles. The molecule has 0 bridgehead atoms. The summed E-state index contributed by atoms with van der Waals surface area (Å²) >= 11 is -3.55. The van der Waals surface area contributed by atoms with Gasteiger partial charge in [0.25, 0.3) is 23.2 Å². The number of hydrogen-bond acceptors (Lipinski definition) is 3. The van der Waals surface area contributed by atoms with E-state index in [9.17, 15) is 114 Å². The molecule has 2 nitrogen and oxygen atoms in total. The number of rotatable bonds is 21. The lowest BCUT2D eigenvalue weighted by molar-refractivity contribution is -0.473. The molecule has 0 aliphatic rings. The highest BCUT2D eigenvalue weighted by atomic mass is 32.2. The van der Waals surface area contributed by atoms with E-state index in [1.807, 2.05) is 0 Å². The Hall–Kier alpha value is -2.04. The molecule has 0 aromatic heterocycles. The predicted octanol–water partition coefficient (Wildman–Crippen LogP) is 13.1. The summed E-state index contributed by atoms with van der Waals surface area (Å²) in [7, 11) is 0. The second-order valence-corrected chi connectivity index (χ2v) is 14.3. The van der Waals surface area contributed by atoms with Gasteiger partial charge in [-0.25, -0.2) is 57.1 Å². The summed E-state index contributed by atoms with van der Waals surface area (Å²) in [5.41, 5.74) is -49.4. The number of halogens is 33. The fourth-order valence-electron chi connectivity index (χ4n) is 4.96. The molecule has 0 fully saturated rings. The van der Waals surface area contributed by atoms with E-state index >= 15 is 30.7 Å². The minimum atomic E-state index is -8.68. The molecule has 0 spiro atoms. The minimum Gasteiger partial charge on any atom is -0.393 e. The molecule has 1 N–H and O–H groups in total. The summed E-state index contributed by atoms with van der Waals surface area (Å²) < 4.78 is 469. The molecule has 0 heterocycles. The van der Waals surface area contributed by atoms with Crippen molar-refractivity contribution in [1.29, 1.82) is 0 Å². The van der Waals surface area contributed by atoms with Crippen molar-refractivity contribution in [3.8, 4) is 0 Å². The van der Waals surface area contributed by atoms with Crippen LogP contribution in [0, 0.1) is 0 Å². The fourth-order valence-corrected chi connectivity index (χ4v) is 5.25. The van der Waals surface area contributed by atoms with Crippen molar-refractivity contribution in [2.24, 2.45) is 0 Å². The van der Waals surface area contributed by atoms with Crippen LogP contribution in [0.15, 0.2) is 0 Å². The van der Waals surface area contributed by atoms with Crippen LogP contribution < -0.4 is 0 Å². The van der Waals surface area contributed by atoms with Crippen LogP contribution in [0.25, 0.3) is 0 Å². The van der Waals surface area contributed by atoms with Crippen LogP contribution in [0.5, 0.6) is 0 Å². The van der Waals surface area contributed by atoms with Gasteiger partial charge in [0.1, 0.15) is 25.5 Å². The Balaban J connectivity index is 8.11. The quantitative estimate of drug-likeness (QED) is 0.116. The van der Waals surface area contributed by atoms with Gasteiger partial charge in [-0.15, -0.1) is 0 Å². The van der Waals surface area contributed by atoms with E-state index in [0.29, 0.717) is 0 Å². The minimum absolute atomic E-state index is 0.836. The van der Waals surface area contributed by atoms with Crippen molar-refractivity contribution in [1.82, 2.24) is 0 Å². The van der Waals surface area contributed by atoms with Gasteiger partial charge in [-0.2, -0.15) is 87.3 Å². The van der Waals surface area contributed by atoms with Gasteiger partial charge in [0.05, 0.1) is 25.9 Å². The van der Waals surface area contributed by atoms with E-state index < -0.39 is 171 Å². The van der Waals surface area contributed by atoms with Crippen molar-refractivity contribution in [2.75, 3.05) is 20.0 Å². The molecular formula is C26H21F33O2S. The maximum atomic E-state index is 15.6. The van der Waals surface area contributed by atoms with Gasteiger partial charge in [-0.05, 0) is 13.8 Å². The van der Waals surface area contributed by atoms with Gasteiger partial charge in [-0.3, -0.25) is 4.74 Å². The number of aliphatic hydroxyl groups excluding tert-OH is 1. The molecule has 8 atom stereocenters. The topological polar surface area (TPSA) is 29.5 Å². The van der Waals surface area contributed by atoms with Crippen LogP contribution in [-0.2, 0) is 4.74 Å². The number of ether oxygens (including phenoxy) is 1. The van der Waals surface area contributed by atoms with Crippen molar-refractivity contribution in [3.05, 3.63) is 0 Å². The summed E-state index contributed by atoms with van der Waals surface area (Å²) in [5.74, 6) is -31.3. The lowest BCUT2D eigenvalue weighted by Crippen LogP contribution is -2.71. The van der Waals surface area contributed by atoms with Crippen LogP contribution in [0.2, 0.25) is 0 Å². The highest BCUT2D eigenvalue weighted by Crippen LogP contribution is 2.65. The van der Waals surface area contributed by atoms with Crippen LogP contribution in [0.1, 0.15) is 39.5 Å². The first-order chi connectivity index (χ1) is 26.5. The van der Waals surface area contributed by atoms with Gasteiger partial charge < -0.3 is 5.11 Å². The van der Waals surface area contributed by atoms with E-state index in [4.69, 9.17) is 5.11 Å². The standard InChI is InChI=1S/C26H21F33O2S/c1-10(29,13(32,22(46,47)48)5-17(36,37)14(33,23(49,50)51)6-18(38,39)16(35,8-28)11(2,30)7-27)3-15(34,24(52,53)54)25(55,56)61-20(42,26(57,58)62-59)19(40,41)4-12(31,9-60)21(43,44)45/h60H,3-9H2,1-2H3/t10?,11?,12?,13?,14?,15?,16-,20?/m0/s1.